The zero-order valence-electron chi connectivity index (χ0n) is 11.6. The van der Waals surface area contributed by atoms with Crippen molar-refractivity contribution in [1.29, 1.82) is 0 Å². The zero-order chi connectivity index (χ0) is 14.7. The molecule has 2 N–H and O–H groups in total. The van der Waals surface area contributed by atoms with E-state index in [1.54, 1.807) is 0 Å². The minimum absolute atomic E-state index is 0.505. The molecule has 2 atom stereocenters. The van der Waals surface area contributed by atoms with Crippen molar-refractivity contribution in [3.63, 3.8) is 0 Å². The van der Waals surface area contributed by atoms with E-state index in [9.17, 15) is 10.2 Å². The van der Waals surface area contributed by atoms with Gasteiger partial charge in [0.05, 0.1) is 17.5 Å². The van der Waals surface area contributed by atoms with Crippen LogP contribution in [0.2, 0.25) is 0 Å². The lowest BCUT2D eigenvalue weighted by atomic mass is 10.0. The molecule has 108 valence electrons. The Morgan fingerprint density at radius 3 is 2.60 bits per heavy atom. The number of aromatic nitrogens is 2. The molecule has 1 heterocycles. The molecule has 0 saturated heterocycles. The predicted molar refractivity (Wildman–Crippen MR) is 82.4 cm³/mol. The Bertz CT molecular complexity index is 583. The van der Waals surface area contributed by atoms with Crippen LogP contribution in [0.3, 0.4) is 0 Å². The summed E-state index contributed by atoms with van der Waals surface area (Å²) in [6, 6.07) is 9.49. The predicted octanol–water partition coefficient (Wildman–Crippen LogP) is 2.67. The smallest absolute Gasteiger partial charge is 0.105 e. The molecule has 1 aromatic heterocycles. The van der Waals surface area contributed by atoms with Crippen LogP contribution in [0.25, 0.3) is 5.69 Å². The van der Waals surface area contributed by atoms with Gasteiger partial charge in [-0.15, -0.1) is 0 Å². The van der Waals surface area contributed by atoms with Crippen LogP contribution in [-0.2, 0) is 0 Å². The highest BCUT2D eigenvalue weighted by Crippen LogP contribution is 2.22. The Balaban J connectivity index is 2.30. The van der Waals surface area contributed by atoms with Crippen LogP contribution >= 0.6 is 15.9 Å². The maximum absolute atomic E-state index is 10.2. The largest absolute Gasteiger partial charge is 0.390 e. The van der Waals surface area contributed by atoms with E-state index in [0.29, 0.717) is 17.3 Å². The van der Waals surface area contributed by atoms with E-state index >= 15 is 0 Å². The van der Waals surface area contributed by atoms with Gasteiger partial charge in [0.25, 0.3) is 0 Å². The van der Waals surface area contributed by atoms with Crippen molar-refractivity contribution in [2.75, 3.05) is 5.33 Å². The average Bonchev–Trinajstić information content (AvgIpc) is 2.77. The first kappa shape index (κ1) is 15.2. The van der Waals surface area contributed by atoms with Crippen LogP contribution in [0.5, 0.6) is 0 Å². The van der Waals surface area contributed by atoms with E-state index in [1.165, 1.54) is 0 Å². The Labute approximate surface area is 127 Å². The van der Waals surface area contributed by atoms with Gasteiger partial charge in [-0.3, -0.25) is 0 Å². The zero-order valence-corrected chi connectivity index (χ0v) is 13.2. The maximum Gasteiger partial charge on any atom is 0.105 e. The number of rotatable bonds is 5. The van der Waals surface area contributed by atoms with Gasteiger partial charge in [0.1, 0.15) is 6.10 Å². The average molecular weight is 339 g/mol. The number of aliphatic hydroxyl groups is 2. The highest BCUT2D eigenvalue weighted by molar-refractivity contribution is 9.09. The van der Waals surface area contributed by atoms with Crippen molar-refractivity contribution in [2.24, 2.45) is 0 Å². The van der Waals surface area contributed by atoms with Crippen LogP contribution in [0.1, 0.15) is 29.5 Å². The Morgan fingerprint density at radius 1 is 1.25 bits per heavy atom. The molecule has 2 unspecified atom stereocenters. The Morgan fingerprint density at radius 2 is 2.00 bits per heavy atom. The van der Waals surface area contributed by atoms with Crippen LogP contribution in [0.15, 0.2) is 30.3 Å². The molecule has 4 nitrogen and oxygen atoms in total. The number of alkyl halides is 1. The molecule has 0 aliphatic heterocycles. The normalized spacial score (nSPS) is 14.2. The SMILES string of the molecule is Cc1cc(C)n(-c2cccc(C(O)C(O)CCBr)c2)n1. The third-order valence-electron chi connectivity index (χ3n) is 3.24. The fraction of sp³-hybridized carbons (Fsp3) is 0.400. The lowest BCUT2D eigenvalue weighted by Gasteiger charge is -2.18. The number of aliphatic hydroxyl groups excluding tert-OH is 2. The van der Waals surface area contributed by atoms with Gasteiger partial charge in [-0.05, 0) is 44.0 Å². The van der Waals surface area contributed by atoms with Gasteiger partial charge in [0.2, 0.25) is 0 Å². The van der Waals surface area contributed by atoms with Gasteiger partial charge in [0, 0.05) is 11.0 Å². The van der Waals surface area contributed by atoms with Crippen LogP contribution in [0, 0.1) is 13.8 Å². The van der Waals surface area contributed by atoms with Gasteiger partial charge in [0.15, 0.2) is 0 Å². The number of nitrogens with zero attached hydrogens (tertiary/aromatic N) is 2. The number of hydrogen-bond acceptors (Lipinski definition) is 3. The first-order chi connectivity index (χ1) is 9.52. The van der Waals surface area contributed by atoms with Gasteiger partial charge in [-0.25, -0.2) is 4.68 Å². The molecule has 2 rings (SSSR count). The third-order valence-corrected chi connectivity index (χ3v) is 3.69. The van der Waals surface area contributed by atoms with E-state index in [1.807, 2.05) is 48.9 Å². The van der Waals surface area contributed by atoms with Gasteiger partial charge >= 0.3 is 0 Å². The Hall–Kier alpha value is -1.17. The van der Waals surface area contributed by atoms with Gasteiger partial charge in [-0.2, -0.15) is 5.10 Å². The standard InChI is InChI=1S/C15H19BrN2O2/c1-10-8-11(2)18(17-10)13-5-3-4-12(9-13)15(20)14(19)6-7-16/h3-5,8-9,14-15,19-20H,6-7H2,1-2H3. The summed E-state index contributed by atoms with van der Waals surface area (Å²) in [5.41, 5.74) is 3.57. The first-order valence-electron chi connectivity index (χ1n) is 6.58. The van der Waals surface area contributed by atoms with E-state index in [-0.39, 0.29) is 0 Å². The summed E-state index contributed by atoms with van der Waals surface area (Å²) in [5, 5.41) is 25.1. The third kappa shape index (κ3) is 3.29. The van der Waals surface area contributed by atoms with Crippen LogP contribution in [-0.4, -0.2) is 31.4 Å². The summed E-state index contributed by atoms with van der Waals surface area (Å²) in [6.45, 7) is 3.94. The summed E-state index contributed by atoms with van der Waals surface area (Å²) >= 11 is 3.27. The number of halogens is 1. The van der Waals surface area contributed by atoms with Crippen molar-refractivity contribution < 1.29 is 10.2 Å². The number of aryl methyl sites for hydroxylation is 2. The minimum atomic E-state index is -0.885. The second kappa shape index (κ2) is 6.52. The molecular weight excluding hydrogens is 320 g/mol. The lowest BCUT2D eigenvalue weighted by Crippen LogP contribution is -2.18. The lowest BCUT2D eigenvalue weighted by molar-refractivity contribution is 0.0173. The fourth-order valence-electron chi connectivity index (χ4n) is 2.22. The van der Waals surface area contributed by atoms with Crippen molar-refractivity contribution in [3.8, 4) is 5.69 Å². The second-order valence-corrected chi connectivity index (χ2v) is 5.72. The highest BCUT2D eigenvalue weighted by atomic mass is 79.9. The molecule has 0 aliphatic rings. The quantitative estimate of drug-likeness (QED) is 0.824. The van der Waals surface area contributed by atoms with E-state index in [4.69, 9.17) is 0 Å². The molecule has 0 aliphatic carbocycles. The van der Waals surface area contributed by atoms with E-state index in [2.05, 4.69) is 21.0 Å². The number of benzene rings is 1. The summed E-state index contributed by atoms with van der Waals surface area (Å²) in [7, 11) is 0. The van der Waals surface area contributed by atoms with E-state index in [0.717, 1.165) is 17.1 Å². The molecule has 0 radical (unpaired) electrons. The molecule has 20 heavy (non-hydrogen) atoms. The van der Waals surface area contributed by atoms with Crippen molar-refractivity contribution >= 4 is 15.9 Å². The molecule has 1 aromatic carbocycles. The molecular formula is C15H19BrN2O2. The molecule has 5 heteroatoms. The van der Waals surface area contributed by atoms with Crippen molar-refractivity contribution in [3.05, 3.63) is 47.3 Å². The summed E-state index contributed by atoms with van der Waals surface area (Å²) in [4.78, 5) is 0. The van der Waals surface area contributed by atoms with Crippen molar-refractivity contribution in [1.82, 2.24) is 9.78 Å². The molecule has 2 aromatic rings. The van der Waals surface area contributed by atoms with Gasteiger partial charge in [-0.1, -0.05) is 28.1 Å². The Kier molecular flexibility index (Phi) is 4.96. The van der Waals surface area contributed by atoms with Crippen LogP contribution in [0.4, 0.5) is 0 Å². The van der Waals surface area contributed by atoms with Crippen LogP contribution < -0.4 is 0 Å². The fourth-order valence-corrected chi connectivity index (χ4v) is 2.69. The summed E-state index contributed by atoms with van der Waals surface area (Å²) < 4.78 is 1.84. The molecule has 0 saturated carbocycles. The van der Waals surface area contributed by atoms with E-state index < -0.39 is 12.2 Å². The molecule has 0 bridgehead atoms. The first-order valence-corrected chi connectivity index (χ1v) is 7.70. The summed E-state index contributed by atoms with van der Waals surface area (Å²) in [5.74, 6) is 0. The second-order valence-electron chi connectivity index (χ2n) is 4.92. The highest BCUT2D eigenvalue weighted by Gasteiger charge is 2.18. The maximum atomic E-state index is 10.2. The van der Waals surface area contributed by atoms with Gasteiger partial charge < -0.3 is 10.2 Å². The van der Waals surface area contributed by atoms with Crippen molar-refractivity contribution in [2.45, 2.75) is 32.5 Å². The molecule has 0 spiro atoms. The summed E-state index contributed by atoms with van der Waals surface area (Å²) in [6.07, 6.45) is -1.15. The minimum Gasteiger partial charge on any atom is -0.390 e. The number of hydrogen-bond donors (Lipinski definition) is 2. The monoisotopic (exact) mass is 338 g/mol. The molecule has 0 amide bonds. The topological polar surface area (TPSA) is 58.3 Å². The molecule has 0 fully saturated rings.